The highest BCUT2D eigenvalue weighted by molar-refractivity contribution is 6.05. The summed E-state index contributed by atoms with van der Waals surface area (Å²) in [6.45, 7) is 2.64. The number of piperazine rings is 1. The molecule has 1 unspecified atom stereocenters. The van der Waals surface area contributed by atoms with Gasteiger partial charge in [0.15, 0.2) is 0 Å². The Labute approximate surface area is 232 Å². The van der Waals surface area contributed by atoms with Gasteiger partial charge in [-0.2, -0.15) is 0 Å². The van der Waals surface area contributed by atoms with Crippen LogP contribution in [0, 0.1) is 5.82 Å². The van der Waals surface area contributed by atoms with Gasteiger partial charge in [0, 0.05) is 44.7 Å². The van der Waals surface area contributed by atoms with Gasteiger partial charge in [-0.1, -0.05) is 66.7 Å². The number of likely N-dealkylation sites (tertiary alicyclic amines) is 2. The van der Waals surface area contributed by atoms with Crippen LogP contribution in [-0.4, -0.2) is 63.6 Å². The monoisotopic (exact) mass is 538 g/mol. The molecule has 8 heteroatoms. The summed E-state index contributed by atoms with van der Waals surface area (Å²) < 4.78 is 15.3. The smallest absolute Gasteiger partial charge is 0.258 e. The van der Waals surface area contributed by atoms with Gasteiger partial charge in [-0.3, -0.25) is 29.5 Å². The lowest BCUT2D eigenvalue weighted by Crippen LogP contribution is -2.52. The van der Waals surface area contributed by atoms with Crippen molar-refractivity contribution in [2.24, 2.45) is 0 Å². The Morgan fingerprint density at radius 1 is 0.900 bits per heavy atom. The molecule has 7 nitrogen and oxygen atoms in total. The van der Waals surface area contributed by atoms with Crippen LogP contribution in [-0.2, 0) is 22.7 Å². The number of carbonyl (C=O) groups excluding carboxylic acids is 3. The second kappa shape index (κ2) is 9.94. The van der Waals surface area contributed by atoms with Crippen LogP contribution in [0.15, 0.2) is 72.8 Å². The topological polar surface area (TPSA) is 73.0 Å². The standard InChI is InChI=1S/C32H31FN4O3/c33-26-14-20(13-23-17-37(32(40)29(23)26)27-11-12-28(38)34-31(27)39)16-35-18-25-15-24(35)19-36(25)30(21-7-3-1-4-8-21)22-9-5-2-6-10-22/h1-10,13-14,24-25,27,30H,11-12,15-19H2,(H,34,38,39)/t24-,25-,27?/m0/s1. The first-order chi connectivity index (χ1) is 19.5. The van der Waals surface area contributed by atoms with E-state index in [1.165, 1.54) is 22.1 Å². The molecule has 3 atom stereocenters. The van der Waals surface area contributed by atoms with Gasteiger partial charge in [-0.25, -0.2) is 4.39 Å². The van der Waals surface area contributed by atoms with Crippen LogP contribution in [0.4, 0.5) is 4.39 Å². The third-order valence-electron chi connectivity index (χ3n) is 8.98. The Bertz CT molecular complexity index is 1440. The number of hydrogen-bond acceptors (Lipinski definition) is 5. The second-order valence-corrected chi connectivity index (χ2v) is 11.4. The van der Waals surface area contributed by atoms with Gasteiger partial charge < -0.3 is 4.90 Å². The molecule has 0 aliphatic carbocycles. The van der Waals surface area contributed by atoms with E-state index in [1.807, 2.05) is 6.07 Å². The number of piperidine rings is 1. The molecule has 2 bridgehead atoms. The first-order valence-electron chi connectivity index (χ1n) is 14.0. The average molecular weight is 539 g/mol. The number of hydrogen-bond donors (Lipinski definition) is 1. The van der Waals surface area contributed by atoms with Crippen LogP contribution in [0.1, 0.15) is 57.9 Å². The Kier molecular flexibility index (Phi) is 6.24. The Balaban J connectivity index is 1.07. The van der Waals surface area contributed by atoms with Crippen LogP contribution in [0.25, 0.3) is 0 Å². The lowest BCUT2D eigenvalue weighted by molar-refractivity contribution is -0.136. The predicted octanol–water partition coefficient (Wildman–Crippen LogP) is 3.63. The minimum atomic E-state index is -0.747. The molecule has 0 spiro atoms. The largest absolute Gasteiger partial charge is 0.322 e. The molecule has 4 heterocycles. The molecule has 40 heavy (non-hydrogen) atoms. The number of amides is 3. The summed E-state index contributed by atoms with van der Waals surface area (Å²) in [5.74, 6) is -1.83. The Morgan fingerprint density at radius 2 is 1.60 bits per heavy atom. The molecule has 7 rings (SSSR count). The summed E-state index contributed by atoms with van der Waals surface area (Å²) in [7, 11) is 0. The minimum absolute atomic E-state index is 0.0520. The fourth-order valence-corrected chi connectivity index (χ4v) is 7.18. The number of carbonyl (C=O) groups is 3. The zero-order valence-corrected chi connectivity index (χ0v) is 22.1. The van der Waals surface area contributed by atoms with Crippen molar-refractivity contribution in [3.05, 3.63) is 106 Å². The molecule has 4 aliphatic rings. The molecule has 3 aromatic carbocycles. The van der Waals surface area contributed by atoms with Crippen molar-refractivity contribution in [1.82, 2.24) is 20.0 Å². The van der Waals surface area contributed by atoms with E-state index < -0.39 is 23.7 Å². The second-order valence-electron chi connectivity index (χ2n) is 11.4. The van der Waals surface area contributed by atoms with Gasteiger partial charge in [0.2, 0.25) is 11.8 Å². The number of benzene rings is 3. The van der Waals surface area contributed by atoms with Gasteiger partial charge >= 0.3 is 0 Å². The van der Waals surface area contributed by atoms with E-state index in [9.17, 15) is 14.4 Å². The molecule has 3 amide bonds. The number of imide groups is 1. The van der Waals surface area contributed by atoms with Crippen molar-refractivity contribution in [2.75, 3.05) is 13.1 Å². The molecule has 0 radical (unpaired) electrons. The number of fused-ring (bicyclic) bond motifs is 3. The van der Waals surface area contributed by atoms with Crippen LogP contribution >= 0.6 is 0 Å². The van der Waals surface area contributed by atoms with Crippen molar-refractivity contribution < 1.29 is 18.8 Å². The van der Waals surface area contributed by atoms with E-state index in [4.69, 9.17) is 0 Å². The highest BCUT2D eigenvalue weighted by Gasteiger charge is 2.46. The lowest BCUT2D eigenvalue weighted by Gasteiger charge is -2.39. The van der Waals surface area contributed by atoms with Gasteiger partial charge in [0.25, 0.3) is 5.91 Å². The molecular weight excluding hydrogens is 507 g/mol. The van der Waals surface area contributed by atoms with E-state index in [2.05, 4.69) is 75.8 Å². The molecule has 0 aromatic heterocycles. The van der Waals surface area contributed by atoms with Crippen LogP contribution in [0.3, 0.4) is 0 Å². The zero-order valence-electron chi connectivity index (χ0n) is 22.1. The molecule has 1 N–H and O–H groups in total. The summed E-state index contributed by atoms with van der Waals surface area (Å²) in [4.78, 5) is 43.4. The highest BCUT2D eigenvalue weighted by Crippen LogP contribution is 2.41. The fourth-order valence-electron chi connectivity index (χ4n) is 7.18. The maximum atomic E-state index is 15.3. The summed E-state index contributed by atoms with van der Waals surface area (Å²) in [6.07, 6.45) is 1.51. The number of nitrogens with one attached hydrogen (secondary N) is 1. The summed E-state index contributed by atoms with van der Waals surface area (Å²) in [5.41, 5.74) is 4.09. The van der Waals surface area contributed by atoms with E-state index >= 15 is 4.39 Å². The summed E-state index contributed by atoms with van der Waals surface area (Å²) in [5, 5.41) is 2.30. The maximum Gasteiger partial charge on any atom is 0.258 e. The number of nitrogens with zero attached hydrogens (tertiary/aromatic N) is 3. The van der Waals surface area contributed by atoms with Gasteiger partial charge in [-0.05, 0) is 41.2 Å². The van der Waals surface area contributed by atoms with E-state index in [-0.39, 0.29) is 36.9 Å². The van der Waals surface area contributed by atoms with Crippen molar-refractivity contribution in [3.63, 3.8) is 0 Å². The first-order valence-corrected chi connectivity index (χ1v) is 14.0. The molecule has 0 saturated carbocycles. The molecule has 204 valence electrons. The van der Waals surface area contributed by atoms with Gasteiger partial charge in [-0.15, -0.1) is 0 Å². The maximum absolute atomic E-state index is 15.3. The van der Waals surface area contributed by atoms with Crippen molar-refractivity contribution in [3.8, 4) is 0 Å². The normalized spacial score (nSPS) is 24.7. The molecule has 4 aliphatic heterocycles. The quantitative estimate of drug-likeness (QED) is 0.486. The van der Waals surface area contributed by atoms with Gasteiger partial charge in [0.05, 0.1) is 11.6 Å². The van der Waals surface area contributed by atoms with Crippen molar-refractivity contribution in [2.45, 2.75) is 56.5 Å². The Hall–Kier alpha value is -3.88. The highest BCUT2D eigenvalue weighted by atomic mass is 19.1. The van der Waals surface area contributed by atoms with Crippen LogP contribution in [0.2, 0.25) is 0 Å². The SMILES string of the molecule is O=C1CCC(N2Cc3cc(CN4C[C@@H]5C[C@H]4CN5C(c4ccccc4)c4ccccc4)cc(F)c3C2=O)C(=O)N1. The molecule has 3 saturated heterocycles. The van der Waals surface area contributed by atoms with E-state index in [0.29, 0.717) is 24.2 Å². The summed E-state index contributed by atoms with van der Waals surface area (Å²) >= 11 is 0. The van der Waals surface area contributed by atoms with Crippen LogP contribution in [0.5, 0.6) is 0 Å². The minimum Gasteiger partial charge on any atom is -0.322 e. The average Bonchev–Trinajstić information content (AvgIpc) is 3.63. The molecule has 3 fully saturated rings. The van der Waals surface area contributed by atoms with Gasteiger partial charge in [0.1, 0.15) is 11.9 Å². The molecular formula is C32H31FN4O3. The zero-order chi connectivity index (χ0) is 27.4. The fraction of sp³-hybridized carbons (Fsp3) is 0.344. The number of rotatable bonds is 6. The number of halogens is 1. The third kappa shape index (κ3) is 4.32. The van der Waals surface area contributed by atoms with E-state index in [1.54, 1.807) is 0 Å². The Morgan fingerprint density at radius 3 is 2.23 bits per heavy atom. The molecule has 3 aromatic rings. The first kappa shape index (κ1) is 25.1. The lowest BCUT2D eigenvalue weighted by atomic mass is 9.96. The third-order valence-corrected chi connectivity index (χ3v) is 8.98. The van der Waals surface area contributed by atoms with Crippen LogP contribution < -0.4 is 5.32 Å². The van der Waals surface area contributed by atoms with Crippen molar-refractivity contribution in [1.29, 1.82) is 0 Å². The van der Waals surface area contributed by atoms with E-state index in [0.717, 1.165) is 25.1 Å². The van der Waals surface area contributed by atoms with Crippen molar-refractivity contribution >= 4 is 17.7 Å². The summed E-state index contributed by atoms with van der Waals surface area (Å²) in [6, 6.07) is 24.9. The predicted molar refractivity (Wildman–Crippen MR) is 146 cm³/mol.